The van der Waals surface area contributed by atoms with Crippen molar-refractivity contribution in [2.45, 2.75) is 37.7 Å². The Morgan fingerprint density at radius 2 is 1.46 bits per heavy atom. The molecule has 3 heteroatoms. The van der Waals surface area contributed by atoms with Gasteiger partial charge in [-0.1, -0.05) is 67.1 Å². The number of hydrogen-bond acceptors (Lipinski definition) is 3. The minimum absolute atomic E-state index is 0.205. The highest BCUT2D eigenvalue weighted by Crippen LogP contribution is 2.41. The second kappa shape index (κ2) is 9.69. The molecular formula is C25H34N2O. The molecule has 0 radical (unpaired) electrons. The molecule has 3 nitrogen and oxygen atoms in total. The third kappa shape index (κ3) is 5.02. The molecule has 1 heterocycles. The Morgan fingerprint density at radius 3 is 2.18 bits per heavy atom. The van der Waals surface area contributed by atoms with Crippen LogP contribution in [0.2, 0.25) is 0 Å². The van der Waals surface area contributed by atoms with Crippen LogP contribution in [-0.2, 0) is 6.42 Å². The van der Waals surface area contributed by atoms with E-state index in [9.17, 15) is 5.11 Å². The maximum atomic E-state index is 11.0. The Labute approximate surface area is 170 Å². The van der Waals surface area contributed by atoms with E-state index in [0.717, 1.165) is 52.1 Å². The van der Waals surface area contributed by atoms with Gasteiger partial charge < -0.3 is 10.0 Å². The molecular weight excluding hydrogens is 344 g/mol. The molecule has 0 aromatic heterocycles. The predicted molar refractivity (Wildman–Crippen MR) is 116 cm³/mol. The molecule has 3 atom stereocenters. The molecule has 1 aliphatic carbocycles. The first-order valence-electron chi connectivity index (χ1n) is 11.0. The minimum Gasteiger partial charge on any atom is -0.391 e. The molecule has 150 valence electrons. The van der Waals surface area contributed by atoms with Crippen molar-refractivity contribution in [2.75, 3.05) is 39.3 Å². The van der Waals surface area contributed by atoms with Gasteiger partial charge in [0.15, 0.2) is 0 Å². The zero-order chi connectivity index (χ0) is 19.2. The number of β-amino-alcohol motifs (C(OH)–C–C–N with tert-alkyl or cyclic N) is 1. The summed E-state index contributed by atoms with van der Waals surface area (Å²) in [5, 5.41) is 11.0. The maximum Gasteiger partial charge on any atom is 0.0701 e. The number of aliphatic hydroxyl groups is 1. The first kappa shape index (κ1) is 19.6. The highest BCUT2D eigenvalue weighted by molar-refractivity contribution is 5.22. The second-order valence-electron chi connectivity index (χ2n) is 8.56. The van der Waals surface area contributed by atoms with Gasteiger partial charge in [0.05, 0.1) is 6.10 Å². The molecule has 2 fully saturated rings. The van der Waals surface area contributed by atoms with Gasteiger partial charge >= 0.3 is 0 Å². The Balaban J connectivity index is 1.23. The van der Waals surface area contributed by atoms with Gasteiger partial charge in [-0.2, -0.15) is 0 Å². The van der Waals surface area contributed by atoms with Crippen LogP contribution in [0, 0.1) is 5.92 Å². The van der Waals surface area contributed by atoms with E-state index in [1.54, 1.807) is 0 Å². The number of nitrogens with zero attached hydrogens (tertiary/aromatic N) is 2. The summed E-state index contributed by atoms with van der Waals surface area (Å²) in [5.41, 5.74) is 2.84. The highest BCUT2D eigenvalue weighted by Gasteiger charge is 2.34. The molecule has 1 N–H and O–H groups in total. The van der Waals surface area contributed by atoms with E-state index in [1.807, 2.05) is 0 Å². The monoisotopic (exact) mass is 378 g/mol. The SMILES string of the molecule is OC(CN1CCN(CCc2ccccc2)CC1)C1CCCC1c1ccccc1. The molecule has 28 heavy (non-hydrogen) atoms. The average molecular weight is 379 g/mol. The quantitative estimate of drug-likeness (QED) is 0.794. The number of hydrogen-bond donors (Lipinski definition) is 1. The van der Waals surface area contributed by atoms with E-state index in [0.29, 0.717) is 11.8 Å². The zero-order valence-corrected chi connectivity index (χ0v) is 16.9. The van der Waals surface area contributed by atoms with E-state index in [2.05, 4.69) is 70.5 Å². The van der Waals surface area contributed by atoms with Crippen LogP contribution < -0.4 is 0 Å². The van der Waals surface area contributed by atoms with E-state index in [-0.39, 0.29) is 6.10 Å². The van der Waals surface area contributed by atoms with Crippen molar-refractivity contribution in [3.05, 3.63) is 71.8 Å². The van der Waals surface area contributed by atoms with Gasteiger partial charge in [-0.25, -0.2) is 0 Å². The van der Waals surface area contributed by atoms with Crippen molar-refractivity contribution in [3.8, 4) is 0 Å². The molecule has 1 aliphatic heterocycles. The normalized spacial score (nSPS) is 25.0. The lowest BCUT2D eigenvalue weighted by Crippen LogP contribution is -2.49. The summed E-state index contributed by atoms with van der Waals surface area (Å²) >= 11 is 0. The van der Waals surface area contributed by atoms with Gasteiger partial charge in [0.1, 0.15) is 0 Å². The van der Waals surface area contributed by atoms with Crippen molar-refractivity contribution in [2.24, 2.45) is 5.92 Å². The van der Waals surface area contributed by atoms with Crippen LogP contribution in [0.25, 0.3) is 0 Å². The lowest BCUT2D eigenvalue weighted by atomic mass is 9.85. The summed E-state index contributed by atoms with van der Waals surface area (Å²) in [6.07, 6.45) is 4.55. The largest absolute Gasteiger partial charge is 0.391 e. The van der Waals surface area contributed by atoms with Crippen LogP contribution in [0.5, 0.6) is 0 Å². The van der Waals surface area contributed by atoms with Crippen molar-refractivity contribution in [1.82, 2.24) is 9.80 Å². The van der Waals surface area contributed by atoms with E-state index >= 15 is 0 Å². The number of aliphatic hydroxyl groups excluding tert-OH is 1. The van der Waals surface area contributed by atoms with Gasteiger partial charge in [-0.3, -0.25) is 4.90 Å². The Hall–Kier alpha value is -1.68. The summed E-state index contributed by atoms with van der Waals surface area (Å²) in [5.74, 6) is 0.946. The van der Waals surface area contributed by atoms with Crippen LogP contribution in [0.15, 0.2) is 60.7 Å². The highest BCUT2D eigenvalue weighted by atomic mass is 16.3. The lowest BCUT2D eigenvalue weighted by Gasteiger charge is -2.37. The molecule has 0 bridgehead atoms. The van der Waals surface area contributed by atoms with E-state index in [4.69, 9.17) is 0 Å². The van der Waals surface area contributed by atoms with E-state index < -0.39 is 0 Å². The summed E-state index contributed by atoms with van der Waals surface area (Å²) in [4.78, 5) is 5.04. The molecule has 2 aliphatic rings. The van der Waals surface area contributed by atoms with Gasteiger partial charge in [-0.15, -0.1) is 0 Å². The Kier molecular flexibility index (Phi) is 6.79. The molecule has 0 spiro atoms. The molecule has 2 aromatic carbocycles. The first-order valence-corrected chi connectivity index (χ1v) is 11.0. The summed E-state index contributed by atoms with van der Waals surface area (Å²) in [7, 11) is 0. The van der Waals surface area contributed by atoms with Gasteiger partial charge in [0.25, 0.3) is 0 Å². The van der Waals surface area contributed by atoms with Crippen molar-refractivity contribution < 1.29 is 5.11 Å². The number of benzene rings is 2. The van der Waals surface area contributed by atoms with Crippen LogP contribution in [-0.4, -0.2) is 60.3 Å². The summed E-state index contributed by atoms with van der Waals surface area (Å²) < 4.78 is 0. The Bertz CT molecular complexity index is 697. The van der Waals surface area contributed by atoms with Crippen molar-refractivity contribution in [1.29, 1.82) is 0 Å². The molecule has 3 unspecified atom stereocenters. The fraction of sp³-hybridized carbons (Fsp3) is 0.520. The molecule has 1 saturated carbocycles. The lowest BCUT2D eigenvalue weighted by molar-refractivity contribution is 0.0379. The molecule has 4 rings (SSSR count). The molecule has 1 saturated heterocycles. The van der Waals surface area contributed by atoms with Crippen LogP contribution >= 0.6 is 0 Å². The standard InChI is InChI=1S/C25H34N2O/c28-25(24-13-7-12-23(24)22-10-5-2-6-11-22)20-27-18-16-26(17-19-27)15-14-21-8-3-1-4-9-21/h1-6,8-11,23-25,28H,7,12-20H2. The molecule has 0 amide bonds. The third-order valence-electron chi connectivity index (χ3n) is 6.76. The minimum atomic E-state index is -0.205. The zero-order valence-electron chi connectivity index (χ0n) is 16.9. The van der Waals surface area contributed by atoms with Crippen molar-refractivity contribution >= 4 is 0 Å². The summed E-state index contributed by atoms with van der Waals surface area (Å²) in [6, 6.07) is 21.6. The number of piperazine rings is 1. The van der Waals surface area contributed by atoms with Crippen molar-refractivity contribution in [3.63, 3.8) is 0 Å². The second-order valence-corrected chi connectivity index (χ2v) is 8.56. The van der Waals surface area contributed by atoms with Gasteiger partial charge in [0.2, 0.25) is 0 Å². The maximum absolute atomic E-state index is 11.0. The van der Waals surface area contributed by atoms with Crippen LogP contribution in [0.1, 0.15) is 36.3 Å². The first-order chi connectivity index (χ1) is 13.8. The van der Waals surface area contributed by atoms with Crippen LogP contribution in [0.3, 0.4) is 0 Å². The van der Waals surface area contributed by atoms with Crippen LogP contribution in [0.4, 0.5) is 0 Å². The fourth-order valence-corrected chi connectivity index (χ4v) is 5.09. The Morgan fingerprint density at radius 1 is 0.821 bits per heavy atom. The smallest absolute Gasteiger partial charge is 0.0701 e. The van der Waals surface area contributed by atoms with E-state index in [1.165, 1.54) is 24.0 Å². The van der Waals surface area contributed by atoms with Gasteiger partial charge in [-0.05, 0) is 42.2 Å². The molecule has 2 aromatic rings. The fourth-order valence-electron chi connectivity index (χ4n) is 5.09. The topological polar surface area (TPSA) is 26.7 Å². The van der Waals surface area contributed by atoms with Gasteiger partial charge in [0, 0.05) is 39.3 Å². The average Bonchev–Trinajstić information content (AvgIpc) is 3.25. The summed E-state index contributed by atoms with van der Waals surface area (Å²) in [6.45, 7) is 6.36. The number of rotatable bonds is 7. The third-order valence-corrected chi connectivity index (χ3v) is 6.76. The predicted octanol–water partition coefficient (Wildman–Crippen LogP) is 3.79.